The summed E-state index contributed by atoms with van der Waals surface area (Å²) in [6.45, 7) is 8.04. The van der Waals surface area contributed by atoms with Crippen molar-refractivity contribution in [3.8, 4) is 5.75 Å². The van der Waals surface area contributed by atoms with Gasteiger partial charge in [0.05, 0.1) is 10.6 Å². The number of ether oxygens (including phenoxy) is 1. The van der Waals surface area contributed by atoms with Crippen LogP contribution in [-0.4, -0.2) is 56.7 Å². The van der Waals surface area contributed by atoms with E-state index in [-0.39, 0.29) is 5.02 Å². The highest BCUT2D eigenvalue weighted by Crippen LogP contribution is 2.37. The SMILES string of the molecule is Cc1c(OCCN(C)C)ccc(C2CCCCN2CCNc2ccc(Cl)c(C(F)(F)F)c2)c1C. The van der Waals surface area contributed by atoms with Crippen LogP contribution in [0.25, 0.3) is 0 Å². The lowest BCUT2D eigenvalue weighted by molar-refractivity contribution is -0.137. The molecule has 4 nitrogen and oxygen atoms in total. The Morgan fingerprint density at radius 2 is 1.88 bits per heavy atom. The summed E-state index contributed by atoms with van der Waals surface area (Å²) in [6.07, 6.45) is -1.11. The van der Waals surface area contributed by atoms with Gasteiger partial charge in [-0.2, -0.15) is 13.2 Å². The number of benzene rings is 2. The summed E-state index contributed by atoms with van der Waals surface area (Å²) in [7, 11) is 4.05. The Morgan fingerprint density at radius 3 is 2.59 bits per heavy atom. The molecule has 1 N–H and O–H groups in total. The van der Waals surface area contributed by atoms with E-state index in [0.717, 1.165) is 44.3 Å². The van der Waals surface area contributed by atoms with E-state index < -0.39 is 11.7 Å². The molecular formula is C26H35ClF3N3O. The number of hydrogen-bond donors (Lipinski definition) is 1. The van der Waals surface area contributed by atoms with Crippen LogP contribution in [0, 0.1) is 13.8 Å². The molecule has 1 unspecified atom stereocenters. The van der Waals surface area contributed by atoms with Crippen LogP contribution in [0.2, 0.25) is 5.02 Å². The van der Waals surface area contributed by atoms with Crippen LogP contribution in [0.15, 0.2) is 30.3 Å². The maximum atomic E-state index is 13.2. The predicted octanol–water partition coefficient (Wildman–Crippen LogP) is 6.56. The Balaban J connectivity index is 1.66. The quantitative estimate of drug-likeness (QED) is 0.425. The maximum absolute atomic E-state index is 13.2. The standard InChI is InChI=1S/C26H35ClF3N3O/c1-18-19(2)25(34-16-15-32(3)4)11-9-21(18)24-7-5-6-13-33(24)14-12-31-20-8-10-23(27)22(17-20)26(28,29)30/h8-11,17,24,31H,5-7,12-16H2,1-4H3. The fraction of sp³-hybridized carbons (Fsp3) is 0.538. The Morgan fingerprint density at radius 1 is 1.12 bits per heavy atom. The summed E-state index contributed by atoms with van der Waals surface area (Å²) in [5, 5.41) is 2.86. The van der Waals surface area contributed by atoms with Crippen LogP contribution < -0.4 is 10.1 Å². The molecule has 1 fully saturated rings. The van der Waals surface area contributed by atoms with Gasteiger partial charge in [0.2, 0.25) is 0 Å². The second kappa shape index (κ2) is 11.6. The summed E-state index contributed by atoms with van der Waals surface area (Å²) in [5.41, 5.74) is 3.34. The molecule has 1 aliphatic heterocycles. The molecule has 0 bridgehead atoms. The van der Waals surface area contributed by atoms with Crippen LogP contribution in [-0.2, 0) is 6.18 Å². The average Bonchev–Trinajstić information content (AvgIpc) is 2.77. The lowest BCUT2D eigenvalue weighted by atomic mass is 9.90. The third-order valence-corrected chi connectivity index (χ3v) is 6.88. The minimum atomic E-state index is -4.47. The van der Waals surface area contributed by atoms with E-state index in [1.165, 1.54) is 29.2 Å². The first kappa shape index (κ1) is 26.6. The zero-order valence-electron chi connectivity index (χ0n) is 20.4. The van der Waals surface area contributed by atoms with Crippen molar-refractivity contribution < 1.29 is 17.9 Å². The molecule has 1 heterocycles. The summed E-state index contributed by atoms with van der Waals surface area (Å²) in [4.78, 5) is 4.53. The second-order valence-electron chi connectivity index (χ2n) is 9.22. The van der Waals surface area contributed by atoms with Gasteiger partial charge in [-0.1, -0.05) is 24.1 Å². The molecule has 0 aromatic heterocycles. The molecule has 8 heteroatoms. The van der Waals surface area contributed by atoms with Gasteiger partial charge in [0.15, 0.2) is 0 Å². The highest BCUT2D eigenvalue weighted by molar-refractivity contribution is 6.31. The zero-order valence-corrected chi connectivity index (χ0v) is 21.2. The van der Waals surface area contributed by atoms with Gasteiger partial charge in [0, 0.05) is 31.4 Å². The number of alkyl halides is 3. The normalized spacial score (nSPS) is 17.3. The van der Waals surface area contributed by atoms with Crippen LogP contribution in [0.1, 0.15) is 47.6 Å². The Bertz CT molecular complexity index is 965. The van der Waals surface area contributed by atoms with Crippen LogP contribution in [0.3, 0.4) is 0 Å². The van der Waals surface area contributed by atoms with Crippen molar-refractivity contribution in [1.29, 1.82) is 0 Å². The summed E-state index contributed by atoms with van der Waals surface area (Å²) in [5.74, 6) is 0.926. The molecule has 0 amide bonds. The van der Waals surface area contributed by atoms with E-state index in [9.17, 15) is 13.2 Å². The number of hydrogen-bond acceptors (Lipinski definition) is 4. The Kier molecular flexibility index (Phi) is 9.13. The number of rotatable bonds is 9. The van der Waals surface area contributed by atoms with Gasteiger partial charge < -0.3 is 15.0 Å². The number of likely N-dealkylation sites (N-methyl/N-ethyl adjacent to an activating group) is 1. The number of likely N-dealkylation sites (tertiary alicyclic amines) is 1. The molecule has 2 aromatic rings. The van der Waals surface area contributed by atoms with Gasteiger partial charge in [-0.15, -0.1) is 0 Å². The van der Waals surface area contributed by atoms with E-state index in [0.29, 0.717) is 24.9 Å². The highest BCUT2D eigenvalue weighted by atomic mass is 35.5. The third-order valence-electron chi connectivity index (χ3n) is 6.55. The van der Waals surface area contributed by atoms with E-state index in [1.807, 2.05) is 14.1 Å². The molecule has 0 aliphatic carbocycles. The number of anilines is 1. The number of nitrogens with one attached hydrogen (secondary N) is 1. The first-order chi connectivity index (χ1) is 16.1. The predicted molar refractivity (Wildman–Crippen MR) is 133 cm³/mol. The monoisotopic (exact) mass is 497 g/mol. The summed E-state index contributed by atoms with van der Waals surface area (Å²) >= 11 is 5.74. The molecule has 2 aromatic carbocycles. The van der Waals surface area contributed by atoms with E-state index >= 15 is 0 Å². The largest absolute Gasteiger partial charge is 0.492 e. The summed E-state index contributed by atoms with van der Waals surface area (Å²) < 4.78 is 45.5. The van der Waals surface area contributed by atoms with Crippen molar-refractivity contribution in [1.82, 2.24) is 9.80 Å². The molecule has 1 atom stereocenters. The molecule has 0 spiro atoms. The molecule has 188 valence electrons. The van der Waals surface area contributed by atoms with Crippen LogP contribution in [0.4, 0.5) is 18.9 Å². The molecular weight excluding hydrogens is 463 g/mol. The first-order valence-electron chi connectivity index (χ1n) is 11.8. The first-order valence-corrected chi connectivity index (χ1v) is 12.2. The molecule has 1 aliphatic rings. The number of piperidine rings is 1. The average molecular weight is 498 g/mol. The van der Waals surface area contributed by atoms with Crippen molar-refractivity contribution in [3.05, 3.63) is 57.6 Å². The van der Waals surface area contributed by atoms with Gasteiger partial charge in [-0.3, -0.25) is 4.90 Å². The van der Waals surface area contributed by atoms with Gasteiger partial charge in [-0.05, 0) is 88.3 Å². The highest BCUT2D eigenvalue weighted by Gasteiger charge is 2.33. The number of nitrogens with zero attached hydrogens (tertiary/aromatic N) is 2. The van der Waals surface area contributed by atoms with Gasteiger partial charge in [-0.25, -0.2) is 0 Å². The van der Waals surface area contributed by atoms with E-state index in [1.54, 1.807) is 6.07 Å². The maximum Gasteiger partial charge on any atom is 0.417 e. The molecule has 3 rings (SSSR count). The van der Waals surface area contributed by atoms with Crippen molar-refractivity contribution in [2.75, 3.05) is 52.2 Å². The Hall–Kier alpha value is -1.96. The van der Waals surface area contributed by atoms with Crippen LogP contribution in [0.5, 0.6) is 5.75 Å². The molecule has 34 heavy (non-hydrogen) atoms. The number of halogens is 4. The van der Waals surface area contributed by atoms with Crippen molar-refractivity contribution in [2.24, 2.45) is 0 Å². The molecule has 0 saturated carbocycles. The minimum Gasteiger partial charge on any atom is -0.492 e. The summed E-state index contributed by atoms with van der Waals surface area (Å²) in [6, 6.07) is 8.52. The van der Waals surface area contributed by atoms with Crippen LogP contribution >= 0.6 is 11.6 Å². The van der Waals surface area contributed by atoms with Gasteiger partial charge in [0.1, 0.15) is 12.4 Å². The van der Waals surface area contributed by atoms with E-state index in [4.69, 9.17) is 16.3 Å². The zero-order chi connectivity index (χ0) is 24.9. The van der Waals surface area contributed by atoms with E-state index in [2.05, 4.69) is 41.1 Å². The minimum absolute atomic E-state index is 0.283. The van der Waals surface area contributed by atoms with Gasteiger partial charge >= 0.3 is 6.18 Å². The lowest BCUT2D eigenvalue weighted by Crippen LogP contribution is -2.37. The van der Waals surface area contributed by atoms with Crippen molar-refractivity contribution >= 4 is 17.3 Å². The fourth-order valence-corrected chi connectivity index (χ4v) is 4.70. The van der Waals surface area contributed by atoms with Crippen molar-refractivity contribution in [3.63, 3.8) is 0 Å². The fourth-order valence-electron chi connectivity index (χ4n) is 4.48. The second-order valence-corrected chi connectivity index (χ2v) is 9.63. The van der Waals surface area contributed by atoms with Crippen molar-refractivity contribution in [2.45, 2.75) is 45.3 Å². The third kappa shape index (κ3) is 6.80. The molecule has 1 saturated heterocycles. The van der Waals surface area contributed by atoms with Gasteiger partial charge in [0.25, 0.3) is 0 Å². The topological polar surface area (TPSA) is 27.7 Å². The Labute approximate surface area is 206 Å². The lowest BCUT2D eigenvalue weighted by Gasteiger charge is -2.37. The smallest absolute Gasteiger partial charge is 0.417 e. The molecule has 0 radical (unpaired) electrons.